The summed E-state index contributed by atoms with van der Waals surface area (Å²) in [5.41, 5.74) is 2.85. The normalized spacial score (nSPS) is 10.4. The summed E-state index contributed by atoms with van der Waals surface area (Å²) in [6.45, 7) is 6.02. The number of carbonyl (C=O) groups excluding carboxylic acids is 1. The van der Waals surface area contributed by atoms with E-state index in [1.165, 1.54) is 0 Å². The molecule has 0 heterocycles. The highest BCUT2D eigenvalue weighted by molar-refractivity contribution is 9.10. The number of hydrogen-bond donors (Lipinski definition) is 2. The van der Waals surface area contributed by atoms with Gasteiger partial charge in [0.05, 0.1) is 7.11 Å². The molecule has 0 aromatic heterocycles. The average Bonchev–Trinajstić information content (AvgIpc) is 2.62. The smallest absolute Gasteiger partial charge is 0.264 e. The number of methoxy groups -OCH3 is 1. The van der Waals surface area contributed by atoms with Crippen LogP contribution in [0.5, 0.6) is 11.5 Å². The van der Waals surface area contributed by atoms with Crippen LogP contribution in [0.4, 0.5) is 5.69 Å². The number of aryl methyl sites for hydroxylation is 1. The molecule has 27 heavy (non-hydrogen) atoms. The molecule has 0 spiro atoms. The topological polar surface area (TPSA) is 59.6 Å². The van der Waals surface area contributed by atoms with E-state index in [0.717, 1.165) is 27.0 Å². The molecular formula is C20H23BrN2O3S. The molecule has 0 radical (unpaired) electrons. The number of hydrogen-bond acceptors (Lipinski definition) is 4. The lowest BCUT2D eigenvalue weighted by molar-refractivity contribution is -0.121. The Hall–Kier alpha value is -2.12. The average molecular weight is 451 g/mol. The van der Waals surface area contributed by atoms with Gasteiger partial charge in [-0.25, -0.2) is 0 Å². The predicted octanol–water partition coefficient (Wildman–Crippen LogP) is 4.78. The van der Waals surface area contributed by atoms with Crippen LogP contribution in [0.1, 0.15) is 30.9 Å². The Labute approximate surface area is 173 Å². The molecule has 7 heteroatoms. The Balaban J connectivity index is 1.92. The summed E-state index contributed by atoms with van der Waals surface area (Å²) in [4.78, 5) is 12.2. The SMILES string of the molecule is COc1ccc(NC(=S)NC(=O)COc2cc(C)c(Br)cc2C(C)C)cc1. The third kappa shape index (κ3) is 6.22. The molecule has 0 unspecified atom stereocenters. The Morgan fingerprint density at radius 2 is 1.89 bits per heavy atom. The van der Waals surface area contributed by atoms with E-state index in [9.17, 15) is 4.79 Å². The van der Waals surface area contributed by atoms with Gasteiger partial charge in [-0.3, -0.25) is 10.1 Å². The first-order valence-electron chi connectivity index (χ1n) is 8.48. The molecule has 0 aliphatic carbocycles. The lowest BCUT2D eigenvalue weighted by Gasteiger charge is -2.16. The van der Waals surface area contributed by atoms with E-state index in [1.807, 2.05) is 31.2 Å². The predicted molar refractivity (Wildman–Crippen MR) is 116 cm³/mol. The lowest BCUT2D eigenvalue weighted by atomic mass is 10.0. The molecular weight excluding hydrogens is 428 g/mol. The minimum atomic E-state index is -0.323. The summed E-state index contributed by atoms with van der Waals surface area (Å²) in [6.07, 6.45) is 0. The lowest BCUT2D eigenvalue weighted by Crippen LogP contribution is -2.37. The zero-order chi connectivity index (χ0) is 20.0. The third-order valence-electron chi connectivity index (χ3n) is 3.87. The van der Waals surface area contributed by atoms with Crippen molar-refractivity contribution in [1.29, 1.82) is 0 Å². The van der Waals surface area contributed by atoms with Gasteiger partial charge in [0.2, 0.25) is 0 Å². The Morgan fingerprint density at radius 1 is 1.22 bits per heavy atom. The molecule has 5 nitrogen and oxygen atoms in total. The molecule has 0 saturated heterocycles. The van der Waals surface area contributed by atoms with Gasteiger partial charge in [-0.05, 0) is 72.6 Å². The molecule has 1 amide bonds. The number of ether oxygens (including phenoxy) is 2. The summed E-state index contributed by atoms with van der Waals surface area (Å²) in [7, 11) is 1.60. The van der Waals surface area contributed by atoms with Crippen molar-refractivity contribution < 1.29 is 14.3 Å². The number of thiocarbonyl (C=S) groups is 1. The maximum atomic E-state index is 12.2. The first-order valence-corrected chi connectivity index (χ1v) is 9.68. The van der Waals surface area contributed by atoms with Gasteiger partial charge >= 0.3 is 0 Å². The summed E-state index contributed by atoms with van der Waals surface area (Å²) >= 11 is 8.71. The summed E-state index contributed by atoms with van der Waals surface area (Å²) in [6, 6.07) is 11.2. The molecule has 2 N–H and O–H groups in total. The maximum Gasteiger partial charge on any atom is 0.264 e. The molecule has 0 aliphatic rings. The van der Waals surface area contributed by atoms with Crippen LogP contribution in [0.2, 0.25) is 0 Å². The van der Waals surface area contributed by atoms with Gasteiger partial charge in [0.25, 0.3) is 5.91 Å². The number of nitrogens with one attached hydrogen (secondary N) is 2. The zero-order valence-corrected chi connectivity index (χ0v) is 18.2. The van der Waals surface area contributed by atoms with Crippen LogP contribution in [0.25, 0.3) is 0 Å². The number of benzene rings is 2. The molecule has 2 aromatic carbocycles. The van der Waals surface area contributed by atoms with Crippen LogP contribution in [0, 0.1) is 6.92 Å². The highest BCUT2D eigenvalue weighted by atomic mass is 79.9. The van der Waals surface area contributed by atoms with Crippen LogP contribution in [0.3, 0.4) is 0 Å². The van der Waals surface area contributed by atoms with E-state index in [-0.39, 0.29) is 23.5 Å². The molecule has 0 aliphatic heterocycles. The van der Waals surface area contributed by atoms with Gasteiger partial charge in [0, 0.05) is 10.2 Å². The molecule has 0 bridgehead atoms. The fourth-order valence-electron chi connectivity index (χ4n) is 2.39. The highest BCUT2D eigenvalue weighted by Crippen LogP contribution is 2.32. The minimum Gasteiger partial charge on any atom is -0.497 e. The second kappa shape index (κ2) is 9.71. The van der Waals surface area contributed by atoms with Gasteiger partial charge < -0.3 is 14.8 Å². The summed E-state index contributed by atoms with van der Waals surface area (Å²) in [5.74, 6) is 1.40. The second-order valence-electron chi connectivity index (χ2n) is 6.31. The number of carbonyl (C=O) groups is 1. The molecule has 0 atom stereocenters. The fraction of sp³-hybridized carbons (Fsp3) is 0.300. The van der Waals surface area contributed by atoms with E-state index in [1.54, 1.807) is 19.2 Å². The molecule has 144 valence electrons. The van der Waals surface area contributed by atoms with E-state index < -0.39 is 0 Å². The van der Waals surface area contributed by atoms with Crippen LogP contribution >= 0.6 is 28.1 Å². The first kappa shape index (κ1) is 21.2. The Kier molecular flexibility index (Phi) is 7.62. The first-order chi connectivity index (χ1) is 12.8. The Morgan fingerprint density at radius 3 is 2.48 bits per heavy atom. The van der Waals surface area contributed by atoms with Gasteiger partial charge in [-0.15, -0.1) is 0 Å². The van der Waals surface area contributed by atoms with Gasteiger partial charge in [0.1, 0.15) is 11.5 Å². The zero-order valence-electron chi connectivity index (χ0n) is 15.8. The van der Waals surface area contributed by atoms with Crippen molar-refractivity contribution in [2.45, 2.75) is 26.7 Å². The monoisotopic (exact) mass is 450 g/mol. The molecule has 0 saturated carbocycles. The van der Waals surface area contributed by atoms with Crippen LogP contribution in [-0.4, -0.2) is 24.7 Å². The molecule has 2 aromatic rings. The van der Waals surface area contributed by atoms with Crippen LogP contribution < -0.4 is 20.1 Å². The van der Waals surface area contributed by atoms with Crippen molar-refractivity contribution in [3.05, 3.63) is 52.0 Å². The van der Waals surface area contributed by atoms with Gasteiger partial charge in [-0.2, -0.15) is 0 Å². The maximum absolute atomic E-state index is 12.2. The number of anilines is 1. The highest BCUT2D eigenvalue weighted by Gasteiger charge is 2.13. The van der Waals surface area contributed by atoms with Crippen molar-refractivity contribution in [3.63, 3.8) is 0 Å². The van der Waals surface area contributed by atoms with Crippen LogP contribution in [-0.2, 0) is 4.79 Å². The number of rotatable bonds is 6. The molecule has 0 fully saturated rings. The van der Waals surface area contributed by atoms with Gasteiger partial charge in [0.15, 0.2) is 11.7 Å². The largest absolute Gasteiger partial charge is 0.497 e. The van der Waals surface area contributed by atoms with Crippen LogP contribution in [0.15, 0.2) is 40.9 Å². The minimum absolute atomic E-state index is 0.120. The van der Waals surface area contributed by atoms with Gasteiger partial charge in [-0.1, -0.05) is 29.8 Å². The second-order valence-corrected chi connectivity index (χ2v) is 7.58. The van der Waals surface area contributed by atoms with Crippen molar-refractivity contribution >= 4 is 44.9 Å². The number of halogens is 1. The summed E-state index contributed by atoms with van der Waals surface area (Å²) < 4.78 is 11.9. The van der Waals surface area contributed by atoms with E-state index in [0.29, 0.717) is 5.75 Å². The Bertz CT molecular complexity index is 823. The van der Waals surface area contributed by atoms with Crippen molar-refractivity contribution in [3.8, 4) is 11.5 Å². The fourth-order valence-corrected chi connectivity index (χ4v) is 2.98. The number of amides is 1. The summed E-state index contributed by atoms with van der Waals surface area (Å²) in [5, 5.41) is 5.78. The van der Waals surface area contributed by atoms with E-state index in [2.05, 4.69) is 40.4 Å². The standard InChI is InChI=1S/C20H23BrN2O3S/c1-12(2)16-10-17(21)13(3)9-18(16)26-11-19(24)23-20(27)22-14-5-7-15(25-4)8-6-14/h5-10,12H,11H2,1-4H3,(H2,22,23,24,27). The molecule has 2 rings (SSSR count). The van der Waals surface area contributed by atoms with Crippen molar-refractivity contribution in [2.24, 2.45) is 0 Å². The van der Waals surface area contributed by atoms with E-state index >= 15 is 0 Å². The van der Waals surface area contributed by atoms with E-state index in [4.69, 9.17) is 21.7 Å². The quantitative estimate of drug-likeness (QED) is 0.619. The van der Waals surface area contributed by atoms with Crippen molar-refractivity contribution in [2.75, 3.05) is 19.0 Å². The van der Waals surface area contributed by atoms with Crippen molar-refractivity contribution in [1.82, 2.24) is 5.32 Å². The third-order valence-corrected chi connectivity index (χ3v) is 4.93.